The molecule has 0 radical (unpaired) electrons. The lowest BCUT2D eigenvalue weighted by molar-refractivity contribution is -0.141. The molecule has 0 aliphatic rings. The molecule has 1 rings (SSSR count). The Labute approximate surface area is 127 Å². The summed E-state index contributed by atoms with van der Waals surface area (Å²) in [6.07, 6.45) is 0.920. The van der Waals surface area contributed by atoms with Crippen molar-refractivity contribution in [2.24, 2.45) is 5.92 Å². The molecule has 0 aliphatic heterocycles. The summed E-state index contributed by atoms with van der Waals surface area (Å²) in [5.41, 5.74) is 0.840. The molecule has 1 aromatic rings. The van der Waals surface area contributed by atoms with Crippen molar-refractivity contribution < 1.29 is 18.3 Å². The van der Waals surface area contributed by atoms with Crippen LogP contribution in [-0.2, 0) is 14.8 Å². The first-order valence-electron chi connectivity index (χ1n) is 6.23. The summed E-state index contributed by atoms with van der Waals surface area (Å²) in [6, 6.07) is 5.03. The van der Waals surface area contributed by atoms with Crippen molar-refractivity contribution in [2.45, 2.75) is 31.6 Å². The lowest BCUT2D eigenvalue weighted by atomic mass is 10.1. The quantitative estimate of drug-likeness (QED) is 0.729. The molecular formula is C13H18BrNO4S. The van der Waals surface area contributed by atoms with Gasteiger partial charge in [-0.1, -0.05) is 19.1 Å². The molecule has 7 heteroatoms. The molecule has 1 aromatic carbocycles. The van der Waals surface area contributed by atoms with Crippen molar-refractivity contribution in [2.75, 3.05) is 6.54 Å². The Balaban J connectivity index is 2.63. The molecule has 20 heavy (non-hydrogen) atoms. The number of carboxylic acids is 1. The lowest BCUT2D eigenvalue weighted by Gasteiger charge is -2.10. The maximum Gasteiger partial charge on any atom is 0.306 e. The van der Waals surface area contributed by atoms with E-state index in [1.807, 2.05) is 13.0 Å². The third kappa shape index (κ3) is 4.57. The number of aliphatic carboxylic acids is 1. The molecule has 0 fully saturated rings. The predicted octanol–water partition coefficient (Wildman–Crippen LogP) is 2.54. The van der Waals surface area contributed by atoms with Crippen LogP contribution in [0.2, 0.25) is 0 Å². The van der Waals surface area contributed by atoms with Crippen LogP contribution in [0.1, 0.15) is 25.3 Å². The molecule has 0 unspecified atom stereocenters. The largest absolute Gasteiger partial charge is 0.481 e. The molecule has 2 N–H and O–H groups in total. The van der Waals surface area contributed by atoms with Crippen LogP contribution in [0.4, 0.5) is 0 Å². The molecular weight excluding hydrogens is 346 g/mol. The van der Waals surface area contributed by atoms with Crippen LogP contribution in [0.3, 0.4) is 0 Å². The highest BCUT2D eigenvalue weighted by atomic mass is 79.9. The topological polar surface area (TPSA) is 83.5 Å². The van der Waals surface area contributed by atoms with Gasteiger partial charge in [-0.05, 0) is 47.3 Å². The Morgan fingerprint density at radius 1 is 1.45 bits per heavy atom. The monoisotopic (exact) mass is 363 g/mol. The van der Waals surface area contributed by atoms with Gasteiger partial charge in [0.15, 0.2) is 0 Å². The van der Waals surface area contributed by atoms with E-state index in [-0.39, 0.29) is 11.4 Å². The smallest absolute Gasteiger partial charge is 0.306 e. The second kappa shape index (κ2) is 7.19. The van der Waals surface area contributed by atoms with Gasteiger partial charge in [-0.25, -0.2) is 13.1 Å². The number of carbonyl (C=O) groups is 1. The van der Waals surface area contributed by atoms with Gasteiger partial charge in [-0.3, -0.25) is 4.79 Å². The minimum absolute atomic E-state index is 0.198. The Morgan fingerprint density at radius 3 is 2.70 bits per heavy atom. The highest BCUT2D eigenvalue weighted by Crippen LogP contribution is 2.25. The van der Waals surface area contributed by atoms with Crippen LogP contribution in [0.15, 0.2) is 27.6 Å². The van der Waals surface area contributed by atoms with Gasteiger partial charge in [0.05, 0.1) is 10.8 Å². The minimum atomic E-state index is -3.58. The maximum absolute atomic E-state index is 12.1. The molecule has 0 saturated carbocycles. The van der Waals surface area contributed by atoms with E-state index in [4.69, 9.17) is 5.11 Å². The summed E-state index contributed by atoms with van der Waals surface area (Å²) < 4.78 is 27.3. The van der Waals surface area contributed by atoms with Crippen LogP contribution in [-0.4, -0.2) is 26.0 Å². The fourth-order valence-corrected chi connectivity index (χ4v) is 3.77. The number of hydrogen-bond donors (Lipinski definition) is 2. The first kappa shape index (κ1) is 17.1. The van der Waals surface area contributed by atoms with Crippen LogP contribution >= 0.6 is 15.9 Å². The Morgan fingerprint density at radius 2 is 2.10 bits per heavy atom. The SMILES string of the molecule is Cc1cccc(S(=O)(=O)NCCC[C@@H](C)C(=O)O)c1Br. The van der Waals surface area contributed by atoms with Crippen molar-refractivity contribution in [3.8, 4) is 0 Å². The number of carboxylic acid groups (broad SMARTS) is 1. The van der Waals surface area contributed by atoms with Crippen molar-refractivity contribution in [1.29, 1.82) is 0 Å². The van der Waals surface area contributed by atoms with E-state index < -0.39 is 21.9 Å². The fraction of sp³-hybridized carbons (Fsp3) is 0.462. The van der Waals surface area contributed by atoms with E-state index in [1.165, 1.54) is 6.07 Å². The molecule has 0 bridgehead atoms. The molecule has 0 amide bonds. The van der Waals surface area contributed by atoms with E-state index in [2.05, 4.69) is 20.7 Å². The first-order valence-corrected chi connectivity index (χ1v) is 8.51. The molecule has 0 aliphatic carbocycles. The molecule has 0 spiro atoms. The highest BCUT2D eigenvalue weighted by molar-refractivity contribution is 9.10. The zero-order chi connectivity index (χ0) is 15.3. The van der Waals surface area contributed by atoms with E-state index >= 15 is 0 Å². The van der Waals surface area contributed by atoms with Crippen LogP contribution in [0.25, 0.3) is 0 Å². The number of rotatable bonds is 7. The van der Waals surface area contributed by atoms with Crippen molar-refractivity contribution >= 4 is 31.9 Å². The van der Waals surface area contributed by atoms with E-state index in [0.717, 1.165) is 5.56 Å². The number of aryl methyl sites for hydroxylation is 1. The third-order valence-corrected chi connectivity index (χ3v) is 5.79. The zero-order valence-electron chi connectivity index (χ0n) is 11.4. The summed E-state index contributed by atoms with van der Waals surface area (Å²) in [6.45, 7) is 3.64. The van der Waals surface area contributed by atoms with E-state index in [0.29, 0.717) is 17.3 Å². The molecule has 0 aromatic heterocycles. The van der Waals surface area contributed by atoms with E-state index in [1.54, 1.807) is 13.0 Å². The normalized spacial score (nSPS) is 13.2. The number of nitrogens with one attached hydrogen (secondary N) is 1. The van der Waals surface area contributed by atoms with Gasteiger partial charge in [0.2, 0.25) is 10.0 Å². The molecule has 0 saturated heterocycles. The second-order valence-corrected chi connectivity index (χ2v) is 7.19. The van der Waals surface area contributed by atoms with Gasteiger partial charge in [-0.2, -0.15) is 0 Å². The van der Waals surface area contributed by atoms with Gasteiger partial charge >= 0.3 is 5.97 Å². The average Bonchev–Trinajstić information content (AvgIpc) is 2.37. The Bertz CT molecular complexity index is 586. The number of sulfonamides is 1. The number of hydrogen-bond acceptors (Lipinski definition) is 3. The summed E-state index contributed by atoms with van der Waals surface area (Å²) in [5.74, 6) is -1.33. The minimum Gasteiger partial charge on any atom is -0.481 e. The standard InChI is InChI=1S/C13H18BrNO4S/c1-9-5-3-7-11(12(9)14)20(18,19)15-8-4-6-10(2)13(16)17/h3,5,7,10,15H,4,6,8H2,1-2H3,(H,16,17)/t10-/m1/s1. The summed E-state index contributed by atoms with van der Waals surface area (Å²) >= 11 is 3.27. The van der Waals surface area contributed by atoms with Crippen molar-refractivity contribution in [1.82, 2.24) is 4.72 Å². The number of halogens is 1. The van der Waals surface area contributed by atoms with Gasteiger partial charge in [0.1, 0.15) is 0 Å². The summed E-state index contributed by atoms with van der Waals surface area (Å²) in [7, 11) is -3.58. The average molecular weight is 364 g/mol. The maximum atomic E-state index is 12.1. The zero-order valence-corrected chi connectivity index (χ0v) is 13.8. The van der Waals surface area contributed by atoms with Gasteiger partial charge in [-0.15, -0.1) is 0 Å². The van der Waals surface area contributed by atoms with Crippen LogP contribution in [0, 0.1) is 12.8 Å². The predicted molar refractivity (Wildman–Crippen MR) is 80.1 cm³/mol. The third-order valence-electron chi connectivity index (χ3n) is 2.97. The van der Waals surface area contributed by atoms with Crippen molar-refractivity contribution in [3.05, 3.63) is 28.2 Å². The van der Waals surface area contributed by atoms with Gasteiger partial charge in [0, 0.05) is 11.0 Å². The Hall–Kier alpha value is -0.920. The summed E-state index contributed by atoms with van der Waals surface area (Å²) in [4.78, 5) is 10.8. The van der Waals surface area contributed by atoms with Gasteiger partial charge < -0.3 is 5.11 Å². The van der Waals surface area contributed by atoms with Crippen LogP contribution < -0.4 is 4.72 Å². The molecule has 1 atom stereocenters. The number of benzene rings is 1. The lowest BCUT2D eigenvalue weighted by Crippen LogP contribution is -2.26. The van der Waals surface area contributed by atoms with Crippen LogP contribution in [0.5, 0.6) is 0 Å². The molecule has 0 heterocycles. The molecule has 5 nitrogen and oxygen atoms in total. The van der Waals surface area contributed by atoms with Crippen molar-refractivity contribution in [3.63, 3.8) is 0 Å². The summed E-state index contributed by atoms with van der Waals surface area (Å²) in [5, 5.41) is 8.74. The van der Waals surface area contributed by atoms with E-state index in [9.17, 15) is 13.2 Å². The Kier molecular flexibility index (Phi) is 6.16. The fourth-order valence-electron chi connectivity index (χ4n) is 1.64. The first-order chi connectivity index (χ1) is 9.25. The molecule has 112 valence electrons. The van der Waals surface area contributed by atoms with Gasteiger partial charge in [0.25, 0.3) is 0 Å². The highest BCUT2D eigenvalue weighted by Gasteiger charge is 2.18. The second-order valence-electron chi connectivity index (χ2n) is 4.67.